The molecule has 2 amide bonds. The molecule has 0 radical (unpaired) electrons. The zero-order valence-corrected chi connectivity index (χ0v) is 23.9. The number of rotatable bonds is 10. The van der Waals surface area contributed by atoms with Gasteiger partial charge in [0.25, 0.3) is 0 Å². The Morgan fingerprint density at radius 3 is 2.51 bits per heavy atom. The Labute approximate surface area is 240 Å². The van der Waals surface area contributed by atoms with Crippen LogP contribution in [-0.2, 0) is 33.7 Å². The molecular formula is C32H39N3O6. The molecule has 2 aromatic carbocycles. The lowest BCUT2D eigenvalue weighted by Gasteiger charge is -2.26. The molecule has 2 fully saturated rings. The Morgan fingerprint density at radius 2 is 1.80 bits per heavy atom. The quantitative estimate of drug-likeness (QED) is 0.400. The molecule has 3 aromatic rings. The van der Waals surface area contributed by atoms with Gasteiger partial charge >= 0.3 is 5.97 Å². The van der Waals surface area contributed by atoms with Crippen LogP contribution in [0.15, 0.2) is 42.6 Å². The summed E-state index contributed by atoms with van der Waals surface area (Å²) in [6, 6.07) is 11.4. The molecule has 9 nitrogen and oxygen atoms in total. The van der Waals surface area contributed by atoms with Gasteiger partial charge in [-0.15, -0.1) is 0 Å². The van der Waals surface area contributed by atoms with Crippen LogP contribution >= 0.6 is 0 Å². The minimum atomic E-state index is -1.01. The third-order valence-electron chi connectivity index (χ3n) is 8.50. The highest BCUT2D eigenvalue weighted by Crippen LogP contribution is 2.29. The Balaban J connectivity index is 1.43. The van der Waals surface area contributed by atoms with Crippen LogP contribution in [0.3, 0.4) is 0 Å². The molecule has 1 saturated heterocycles. The molecule has 1 saturated carbocycles. The normalized spacial score (nSPS) is 15.8. The number of nitrogens with zero attached hydrogens (tertiary/aromatic N) is 3. The van der Waals surface area contributed by atoms with E-state index in [1.54, 1.807) is 12.1 Å². The molecule has 2 aliphatic rings. The van der Waals surface area contributed by atoms with E-state index >= 15 is 0 Å². The number of carboxylic acids is 1. The molecule has 0 bridgehead atoms. The number of carbonyl (C=O) groups excluding carboxylic acids is 2. The third kappa shape index (κ3) is 6.56. The van der Waals surface area contributed by atoms with Crippen LogP contribution in [0, 0.1) is 0 Å². The molecule has 2 heterocycles. The van der Waals surface area contributed by atoms with Gasteiger partial charge < -0.3 is 28.9 Å². The molecular weight excluding hydrogens is 522 g/mol. The van der Waals surface area contributed by atoms with Crippen LogP contribution < -0.4 is 4.74 Å². The van der Waals surface area contributed by atoms with Crippen molar-refractivity contribution in [3.63, 3.8) is 0 Å². The van der Waals surface area contributed by atoms with Crippen LogP contribution in [0.1, 0.15) is 59.2 Å². The monoisotopic (exact) mass is 561 g/mol. The van der Waals surface area contributed by atoms with E-state index in [1.165, 1.54) is 26.0 Å². The highest BCUT2D eigenvalue weighted by molar-refractivity contribution is 5.89. The number of amides is 2. The molecule has 1 aliphatic heterocycles. The van der Waals surface area contributed by atoms with E-state index in [0.29, 0.717) is 63.9 Å². The Bertz CT molecular complexity index is 1420. The standard InChI is InChI=1S/C32H39N3O6/c1-33(26-5-3-4-6-26)31(37)18-22-7-11-27-24(10-12-30(36)34-13-15-41-16-14-34)20-35(28(27)17-22)21-25-9-8-23(32(38)39)19-29(25)40-2/h7-9,11,17,19-20,26H,3-6,10,12-16,18,21H2,1-2H3,(H,38,39). The van der Waals surface area contributed by atoms with E-state index in [9.17, 15) is 19.5 Å². The van der Waals surface area contributed by atoms with Crippen molar-refractivity contribution in [3.05, 3.63) is 64.8 Å². The smallest absolute Gasteiger partial charge is 0.335 e. The lowest BCUT2D eigenvalue weighted by Crippen LogP contribution is -2.40. The number of ether oxygens (including phenoxy) is 2. The van der Waals surface area contributed by atoms with E-state index < -0.39 is 5.97 Å². The Kier molecular flexibility index (Phi) is 8.93. The summed E-state index contributed by atoms with van der Waals surface area (Å²) < 4.78 is 13.0. The first-order valence-corrected chi connectivity index (χ1v) is 14.5. The summed E-state index contributed by atoms with van der Waals surface area (Å²) in [5.41, 5.74) is 3.97. The zero-order valence-electron chi connectivity index (χ0n) is 23.9. The van der Waals surface area contributed by atoms with Crippen LogP contribution in [0.5, 0.6) is 5.75 Å². The highest BCUT2D eigenvalue weighted by Gasteiger charge is 2.24. The van der Waals surface area contributed by atoms with Crippen molar-refractivity contribution in [1.29, 1.82) is 0 Å². The second kappa shape index (κ2) is 12.8. The van der Waals surface area contributed by atoms with Crippen molar-refractivity contribution >= 4 is 28.7 Å². The van der Waals surface area contributed by atoms with E-state index in [0.717, 1.165) is 40.4 Å². The Hall–Kier alpha value is -3.85. The van der Waals surface area contributed by atoms with Crippen molar-refractivity contribution in [2.24, 2.45) is 0 Å². The van der Waals surface area contributed by atoms with Crippen molar-refractivity contribution in [2.45, 2.75) is 57.5 Å². The summed E-state index contributed by atoms with van der Waals surface area (Å²) in [6.45, 7) is 2.85. The first-order valence-electron chi connectivity index (χ1n) is 14.5. The van der Waals surface area contributed by atoms with Crippen molar-refractivity contribution in [2.75, 3.05) is 40.5 Å². The molecule has 0 unspecified atom stereocenters. The predicted molar refractivity (Wildman–Crippen MR) is 155 cm³/mol. The second-order valence-corrected chi connectivity index (χ2v) is 11.1. The van der Waals surface area contributed by atoms with Crippen LogP contribution in [-0.4, -0.2) is 83.8 Å². The minimum absolute atomic E-state index is 0.122. The summed E-state index contributed by atoms with van der Waals surface area (Å²) in [5, 5.41) is 10.5. The molecule has 1 aromatic heterocycles. The summed E-state index contributed by atoms with van der Waals surface area (Å²) in [6.07, 6.45) is 7.89. The number of hydrogen-bond donors (Lipinski definition) is 1. The lowest BCUT2D eigenvalue weighted by molar-refractivity contribution is -0.135. The predicted octanol–water partition coefficient (Wildman–Crippen LogP) is 4.13. The van der Waals surface area contributed by atoms with Crippen molar-refractivity contribution in [1.82, 2.24) is 14.4 Å². The number of methoxy groups -OCH3 is 1. The number of morpholine rings is 1. The van der Waals surface area contributed by atoms with Crippen LogP contribution in [0.2, 0.25) is 0 Å². The number of fused-ring (bicyclic) bond motifs is 1. The molecule has 218 valence electrons. The van der Waals surface area contributed by atoms with Gasteiger partial charge in [0.15, 0.2) is 0 Å². The zero-order chi connectivity index (χ0) is 28.9. The van der Waals surface area contributed by atoms with E-state index in [-0.39, 0.29) is 17.4 Å². The molecule has 9 heteroatoms. The number of hydrogen-bond acceptors (Lipinski definition) is 5. The first-order chi connectivity index (χ1) is 19.8. The molecule has 1 aliphatic carbocycles. The maximum atomic E-state index is 13.1. The fraction of sp³-hybridized carbons (Fsp3) is 0.469. The fourth-order valence-electron chi connectivity index (χ4n) is 6.05. The molecule has 5 rings (SSSR count). The largest absolute Gasteiger partial charge is 0.496 e. The van der Waals surface area contributed by atoms with Gasteiger partial charge in [-0.05, 0) is 48.6 Å². The molecule has 0 atom stereocenters. The van der Waals surface area contributed by atoms with Gasteiger partial charge in [-0.1, -0.05) is 31.0 Å². The summed E-state index contributed by atoms with van der Waals surface area (Å²) in [5.74, 6) is -0.264. The molecule has 0 spiro atoms. The van der Waals surface area contributed by atoms with Gasteiger partial charge in [0.1, 0.15) is 5.75 Å². The maximum Gasteiger partial charge on any atom is 0.335 e. The van der Waals surface area contributed by atoms with Gasteiger partial charge in [-0.25, -0.2) is 4.79 Å². The number of aromatic nitrogens is 1. The van der Waals surface area contributed by atoms with Gasteiger partial charge in [-0.2, -0.15) is 0 Å². The molecule has 41 heavy (non-hydrogen) atoms. The van der Waals surface area contributed by atoms with Crippen molar-refractivity contribution < 1.29 is 29.0 Å². The number of likely N-dealkylation sites (N-methyl/N-ethyl adjacent to an activating group) is 1. The minimum Gasteiger partial charge on any atom is -0.496 e. The van der Waals surface area contributed by atoms with Gasteiger partial charge in [-0.3, -0.25) is 9.59 Å². The van der Waals surface area contributed by atoms with E-state index in [1.807, 2.05) is 22.9 Å². The SMILES string of the molecule is COc1cc(C(=O)O)ccc1Cn1cc(CCC(=O)N2CCOCC2)c2ccc(CC(=O)N(C)C3CCCC3)cc21. The topological polar surface area (TPSA) is 101 Å². The second-order valence-electron chi connectivity index (χ2n) is 11.1. The summed E-state index contributed by atoms with van der Waals surface area (Å²) >= 11 is 0. The van der Waals surface area contributed by atoms with Gasteiger partial charge in [0.2, 0.25) is 11.8 Å². The van der Waals surface area contributed by atoms with Gasteiger partial charge in [0, 0.05) is 55.3 Å². The lowest BCUT2D eigenvalue weighted by atomic mass is 10.0. The number of carboxylic acid groups (broad SMARTS) is 1. The average molecular weight is 562 g/mol. The number of aromatic carboxylic acids is 1. The van der Waals surface area contributed by atoms with E-state index in [2.05, 4.69) is 22.9 Å². The summed E-state index contributed by atoms with van der Waals surface area (Å²) in [4.78, 5) is 41.3. The van der Waals surface area contributed by atoms with Crippen LogP contribution in [0.25, 0.3) is 10.9 Å². The van der Waals surface area contributed by atoms with Crippen LogP contribution in [0.4, 0.5) is 0 Å². The molecule has 1 N–H and O–H groups in total. The number of carbonyl (C=O) groups is 3. The third-order valence-corrected chi connectivity index (χ3v) is 8.50. The Morgan fingerprint density at radius 1 is 1.05 bits per heavy atom. The number of aryl methyl sites for hydroxylation is 1. The highest BCUT2D eigenvalue weighted by atomic mass is 16.5. The summed E-state index contributed by atoms with van der Waals surface area (Å²) in [7, 11) is 3.45. The van der Waals surface area contributed by atoms with E-state index in [4.69, 9.17) is 9.47 Å². The fourth-order valence-corrected chi connectivity index (χ4v) is 6.05. The van der Waals surface area contributed by atoms with Crippen molar-refractivity contribution in [3.8, 4) is 5.75 Å². The maximum absolute atomic E-state index is 13.1. The average Bonchev–Trinajstić information content (AvgIpc) is 3.64. The first kappa shape index (κ1) is 28.7. The van der Waals surface area contributed by atoms with Gasteiger partial charge in [0.05, 0.1) is 38.9 Å². The number of benzene rings is 2.